The van der Waals surface area contributed by atoms with E-state index < -0.39 is 5.97 Å². The highest BCUT2D eigenvalue weighted by Crippen LogP contribution is 2.40. The van der Waals surface area contributed by atoms with Crippen LogP contribution in [-0.4, -0.2) is 21.9 Å². The Morgan fingerprint density at radius 2 is 2.04 bits per heavy atom. The molecule has 0 heterocycles. The van der Waals surface area contributed by atoms with Crippen molar-refractivity contribution in [3.63, 3.8) is 0 Å². The lowest BCUT2D eigenvalue weighted by Gasteiger charge is -2.12. The third-order valence-electron chi connectivity index (χ3n) is 2.88. The van der Waals surface area contributed by atoms with E-state index in [4.69, 9.17) is 16.7 Å². The van der Waals surface area contributed by atoms with Crippen LogP contribution in [0.4, 0.5) is 5.69 Å². The number of rotatable bonds is 7. The number of aliphatic carboxylic acids is 1. The second-order valence-electron chi connectivity index (χ2n) is 4.54. The number of nitrogens with one attached hydrogen (secondary N) is 1. The van der Waals surface area contributed by atoms with Crippen LogP contribution < -0.4 is 4.72 Å². The molecule has 0 radical (unpaired) electrons. The van der Waals surface area contributed by atoms with E-state index in [0.29, 0.717) is 14.6 Å². The predicted octanol–water partition coefficient (Wildman–Crippen LogP) is 5.31. The van der Waals surface area contributed by atoms with Gasteiger partial charge in [-0.25, -0.2) is 0 Å². The van der Waals surface area contributed by atoms with Gasteiger partial charge in [0.15, 0.2) is 0 Å². The molecule has 126 valence electrons. The summed E-state index contributed by atoms with van der Waals surface area (Å²) >= 11 is 12.0. The number of hydrogen-bond acceptors (Lipinski definition) is 6. The number of thioether (sulfide) groups is 1. The topological polar surface area (TPSA) is 69.6 Å². The van der Waals surface area contributed by atoms with Crippen LogP contribution in [0, 0.1) is 0 Å². The molecule has 0 amide bonds. The maximum Gasteiger partial charge on any atom is 0.313 e. The normalized spacial score (nSPS) is 12.0. The fraction of sp³-hybridized carbons (Fsp3) is 0.0625. The van der Waals surface area contributed by atoms with E-state index in [0.717, 1.165) is 22.8 Å². The van der Waals surface area contributed by atoms with Gasteiger partial charge in [0.2, 0.25) is 0 Å². The number of benzene rings is 2. The number of hydrogen-bond donors (Lipinski definition) is 4. The van der Waals surface area contributed by atoms with Gasteiger partial charge in [-0.1, -0.05) is 41.9 Å². The molecule has 3 N–H and O–H groups in total. The van der Waals surface area contributed by atoms with E-state index in [1.165, 1.54) is 11.9 Å². The van der Waals surface area contributed by atoms with Crippen LogP contribution in [0.1, 0.15) is 0 Å². The SMILES string of the molecule is O=C(O)CSc1cc(NS/C=C/C=C(\S)Cl)c2ccccc2c1O. The minimum absolute atomic E-state index is 0.0905. The second kappa shape index (κ2) is 9.17. The van der Waals surface area contributed by atoms with Crippen molar-refractivity contribution in [3.8, 4) is 5.75 Å². The first-order valence-corrected chi connectivity index (χ1v) is 9.40. The van der Waals surface area contributed by atoms with Crippen LogP contribution in [0.25, 0.3) is 10.8 Å². The summed E-state index contributed by atoms with van der Waals surface area (Å²) in [7, 11) is 0. The number of carbonyl (C=O) groups is 1. The van der Waals surface area contributed by atoms with Crippen molar-refractivity contribution in [1.29, 1.82) is 0 Å². The van der Waals surface area contributed by atoms with Crippen molar-refractivity contribution in [2.24, 2.45) is 0 Å². The van der Waals surface area contributed by atoms with Crippen LogP contribution in [0.15, 0.2) is 57.2 Å². The average molecular weight is 400 g/mol. The molecule has 4 nitrogen and oxygen atoms in total. The van der Waals surface area contributed by atoms with Crippen LogP contribution in [-0.2, 0) is 4.79 Å². The Balaban J connectivity index is 2.29. The van der Waals surface area contributed by atoms with Crippen molar-refractivity contribution < 1.29 is 15.0 Å². The number of anilines is 1. The van der Waals surface area contributed by atoms with Gasteiger partial charge in [-0.2, -0.15) is 0 Å². The fourth-order valence-electron chi connectivity index (χ4n) is 1.92. The maximum atomic E-state index is 10.8. The summed E-state index contributed by atoms with van der Waals surface area (Å²) in [6, 6.07) is 9.13. The monoisotopic (exact) mass is 399 g/mol. The zero-order valence-electron chi connectivity index (χ0n) is 12.3. The van der Waals surface area contributed by atoms with Crippen molar-refractivity contribution in [2.75, 3.05) is 10.5 Å². The molecule has 0 aliphatic rings. The molecule has 0 saturated heterocycles. The van der Waals surface area contributed by atoms with E-state index in [9.17, 15) is 9.90 Å². The van der Waals surface area contributed by atoms with Gasteiger partial charge in [0.25, 0.3) is 0 Å². The molecule has 24 heavy (non-hydrogen) atoms. The van der Waals surface area contributed by atoms with Crippen LogP contribution in [0.5, 0.6) is 5.75 Å². The van der Waals surface area contributed by atoms with Gasteiger partial charge in [0.05, 0.1) is 20.7 Å². The molecule has 0 unspecified atom stereocenters. The number of carboxylic acids is 1. The minimum Gasteiger partial charge on any atom is -0.506 e. The molecular formula is C16H14ClNO3S3. The molecule has 0 aromatic heterocycles. The standard InChI is InChI=1S/C16H14ClNO3S3/c17-14(22)6-3-7-24-18-12-8-13(23-9-15(19)20)16(21)11-5-2-1-4-10(11)12/h1-8,18,21-22H,9H2,(H,19,20)/b7-3+,14-6-. The number of fused-ring (bicyclic) bond motifs is 1. The highest BCUT2D eigenvalue weighted by molar-refractivity contribution is 8.03. The number of halogens is 1. The lowest BCUT2D eigenvalue weighted by atomic mass is 10.1. The predicted molar refractivity (Wildman–Crippen MR) is 107 cm³/mol. The number of aromatic hydroxyl groups is 1. The quantitative estimate of drug-likeness (QED) is 0.166. The molecule has 0 saturated carbocycles. The van der Waals surface area contributed by atoms with Crippen molar-refractivity contribution in [2.45, 2.75) is 4.90 Å². The van der Waals surface area contributed by atoms with Gasteiger partial charge in [-0.05, 0) is 29.5 Å². The third kappa shape index (κ3) is 5.31. The summed E-state index contributed by atoms with van der Waals surface area (Å²) in [6.07, 6.45) is 3.39. The minimum atomic E-state index is -0.935. The number of phenols is 1. The first-order chi connectivity index (χ1) is 11.5. The van der Waals surface area contributed by atoms with Crippen molar-refractivity contribution in [3.05, 3.63) is 52.3 Å². The summed E-state index contributed by atoms with van der Waals surface area (Å²) in [6.45, 7) is 0. The molecule has 0 bridgehead atoms. The molecule has 0 spiro atoms. The Morgan fingerprint density at radius 3 is 2.71 bits per heavy atom. The van der Waals surface area contributed by atoms with Crippen LogP contribution >= 0.6 is 47.9 Å². The molecule has 0 aliphatic heterocycles. The molecule has 2 rings (SSSR count). The second-order valence-corrected chi connectivity index (χ2v) is 7.42. The van der Waals surface area contributed by atoms with Gasteiger partial charge in [-0.3, -0.25) is 4.79 Å². The zero-order chi connectivity index (χ0) is 17.5. The Morgan fingerprint density at radius 1 is 1.33 bits per heavy atom. The summed E-state index contributed by atoms with van der Waals surface area (Å²) in [5, 5.41) is 22.5. The van der Waals surface area contributed by atoms with Crippen LogP contribution in [0.2, 0.25) is 0 Å². The van der Waals surface area contributed by atoms with E-state index in [2.05, 4.69) is 17.4 Å². The Labute approximate surface area is 158 Å². The Hall–Kier alpha value is -1.41. The van der Waals surface area contributed by atoms with Crippen molar-refractivity contribution in [1.82, 2.24) is 0 Å². The largest absolute Gasteiger partial charge is 0.506 e. The lowest BCUT2D eigenvalue weighted by Crippen LogP contribution is -1.98. The summed E-state index contributed by atoms with van der Waals surface area (Å²) in [5.74, 6) is -0.966. The Kier molecular flexibility index (Phi) is 7.23. The Bertz CT molecular complexity index is 804. The maximum absolute atomic E-state index is 10.8. The number of allylic oxidation sites excluding steroid dienone is 2. The molecule has 0 atom stereocenters. The van der Waals surface area contributed by atoms with Gasteiger partial charge in [-0.15, -0.1) is 24.4 Å². The molecule has 0 fully saturated rings. The molecular weight excluding hydrogens is 386 g/mol. The molecule has 2 aromatic rings. The first-order valence-electron chi connectivity index (χ1n) is 6.71. The fourth-order valence-corrected chi connectivity index (χ4v) is 3.33. The van der Waals surface area contributed by atoms with E-state index >= 15 is 0 Å². The van der Waals surface area contributed by atoms with E-state index in [-0.39, 0.29) is 11.5 Å². The number of thiol groups is 1. The number of phenolic OH excluding ortho intramolecular Hbond substituents is 1. The lowest BCUT2D eigenvalue weighted by molar-refractivity contribution is -0.133. The first kappa shape index (κ1) is 18.9. The van der Waals surface area contributed by atoms with Gasteiger partial charge in [0, 0.05) is 10.8 Å². The number of carboxylic acid groups (broad SMARTS) is 1. The van der Waals surface area contributed by atoms with Gasteiger partial charge < -0.3 is 14.9 Å². The highest BCUT2D eigenvalue weighted by atomic mass is 35.5. The molecule has 0 aliphatic carbocycles. The molecule has 2 aromatic carbocycles. The smallest absolute Gasteiger partial charge is 0.313 e. The summed E-state index contributed by atoms with van der Waals surface area (Å²) in [4.78, 5) is 11.3. The van der Waals surface area contributed by atoms with E-state index in [1.807, 2.05) is 18.2 Å². The summed E-state index contributed by atoms with van der Waals surface area (Å²) < 4.78 is 3.56. The highest BCUT2D eigenvalue weighted by Gasteiger charge is 2.12. The average Bonchev–Trinajstić information content (AvgIpc) is 2.55. The summed E-state index contributed by atoms with van der Waals surface area (Å²) in [5.41, 5.74) is 0.784. The molecule has 8 heteroatoms. The zero-order valence-corrected chi connectivity index (χ0v) is 15.6. The van der Waals surface area contributed by atoms with E-state index in [1.54, 1.807) is 29.7 Å². The third-order valence-corrected chi connectivity index (χ3v) is 4.80. The van der Waals surface area contributed by atoms with Crippen molar-refractivity contribution >= 4 is 70.4 Å². The van der Waals surface area contributed by atoms with Gasteiger partial charge >= 0.3 is 5.97 Å². The van der Waals surface area contributed by atoms with Crippen LogP contribution in [0.3, 0.4) is 0 Å². The van der Waals surface area contributed by atoms with Gasteiger partial charge in [0.1, 0.15) is 5.75 Å².